The standard InChI is InChI=1S/Al.BO3.Ba.Sr/c;2-1(3)4;;/q+3;-3;2*+2. The average molecular weight is 311 g/mol. The second-order valence-corrected chi connectivity index (χ2v) is 0.289. The van der Waals surface area contributed by atoms with Crippen LogP contribution < -0.4 is 15.1 Å². The van der Waals surface area contributed by atoms with E-state index in [2.05, 4.69) is 0 Å². The Morgan fingerprint density at radius 2 is 1.00 bits per heavy atom. The molecule has 0 heterocycles. The molecule has 0 unspecified atom stereocenters. The number of hydrogen-bond acceptors (Lipinski definition) is 3. The summed E-state index contributed by atoms with van der Waals surface area (Å²) in [5.74, 6) is 0. The quantitative estimate of drug-likeness (QED) is 0.420. The fourth-order valence-electron chi connectivity index (χ4n) is 0. The summed E-state index contributed by atoms with van der Waals surface area (Å²) in [5, 5.41) is 25.2. The summed E-state index contributed by atoms with van der Waals surface area (Å²) in [6, 6.07) is 0. The van der Waals surface area contributed by atoms with E-state index >= 15 is 0 Å². The predicted molar refractivity (Wildman–Crippen MR) is 23.0 cm³/mol. The van der Waals surface area contributed by atoms with E-state index < -0.39 is 7.32 Å². The molecule has 0 N–H and O–H groups in total. The number of hydrogen-bond donors (Lipinski definition) is 0. The van der Waals surface area contributed by atoms with Crippen molar-refractivity contribution in [3.63, 3.8) is 0 Å². The molecule has 0 spiro atoms. The molecule has 0 rings (SSSR count). The van der Waals surface area contributed by atoms with Crippen molar-refractivity contribution in [2.45, 2.75) is 0 Å². The van der Waals surface area contributed by atoms with Crippen LogP contribution in [0.5, 0.6) is 0 Å². The Bertz CT molecular complexity index is 19.7. The Morgan fingerprint density at radius 3 is 1.00 bits per heavy atom. The van der Waals surface area contributed by atoms with Gasteiger partial charge in [-0.25, -0.2) is 0 Å². The third-order valence-corrected chi connectivity index (χ3v) is 0. The first-order chi connectivity index (χ1) is 1.73. The largest absolute Gasteiger partial charge is 3.00 e. The second-order valence-electron chi connectivity index (χ2n) is 0.289. The molecule has 24 valence electrons. The molecule has 0 saturated carbocycles. The maximum absolute atomic E-state index is 8.42. The van der Waals surface area contributed by atoms with Gasteiger partial charge in [-0.15, -0.1) is 0 Å². The van der Waals surface area contributed by atoms with Gasteiger partial charge in [-0.1, -0.05) is 0 Å². The zero-order chi connectivity index (χ0) is 3.58. The van der Waals surface area contributed by atoms with Gasteiger partial charge in [0.05, 0.1) is 0 Å². The van der Waals surface area contributed by atoms with Crippen LogP contribution in [0, 0.1) is 0 Å². The summed E-state index contributed by atoms with van der Waals surface area (Å²) in [5.41, 5.74) is 0. The van der Waals surface area contributed by atoms with Gasteiger partial charge in [-0.3, -0.25) is 7.32 Å². The summed E-state index contributed by atoms with van der Waals surface area (Å²) in [7, 11) is -2.92. The van der Waals surface area contributed by atoms with E-state index in [0.717, 1.165) is 0 Å². The molecule has 7 heavy (non-hydrogen) atoms. The monoisotopic (exact) mass is 312 g/mol. The molecular weight excluding hydrogens is 311 g/mol. The van der Waals surface area contributed by atoms with Crippen molar-refractivity contribution in [3.05, 3.63) is 0 Å². The van der Waals surface area contributed by atoms with Gasteiger partial charge in [-0.05, 0) is 0 Å². The minimum Gasteiger partial charge on any atom is -0.907 e. The van der Waals surface area contributed by atoms with Gasteiger partial charge in [0.1, 0.15) is 0 Å². The second kappa shape index (κ2) is 16.3. The van der Waals surface area contributed by atoms with E-state index in [1.165, 1.54) is 0 Å². The van der Waals surface area contributed by atoms with Gasteiger partial charge >= 0.3 is 112 Å². The molecule has 0 aliphatic carbocycles. The van der Waals surface area contributed by atoms with E-state index in [9.17, 15) is 0 Å². The molecule has 0 aliphatic rings. The first-order valence-electron chi connectivity index (χ1n) is 0.707. The molecule has 0 aromatic rings. The summed E-state index contributed by atoms with van der Waals surface area (Å²) in [6.07, 6.45) is 0. The van der Waals surface area contributed by atoms with Crippen LogP contribution in [-0.2, 0) is 0 Å². The van der Waals surface area contributed by atoms with Crippen molar-refractivity contribution in [2.24, 2.45) is 0 Å². The van der Waals surface area contributed by atoms with Crippen molar-refractivity contribution in [2.75, 3.05) is 0 Å². The van der Waals surface area contributed by atoms with E-state index in [0.29, 0.717) is 0 Å². The van der Waals surface area contributed by atoms with Crippen molar-refractivity contribution >= 4 is 119 Å². The molecule has 7 heteroatoms. The van der Waals surface area contributed by atoms with Gasteiger partial charge in [0.25, 0.3) is 0 Å². The Morgan fingerprint density at radius 1 is 1.00 bits per heavy atom. The van der Waals surface area contributed by atoms with Crippen LogP contribution in [0.2, 0.25) is 0 Å². The maximum atomic E-state index is 8.42. The third-order valence-electron chi connectivity index (χ3n) is 0. The molecule has 0 radical (unpaired) electrons. The molecular formula is AlBBaO3Sr+4. The Labute approximate surface area is 131 Å². The molecule has 0 bridgehead atoms. The fourth-order valence-corrected chi connectivity index (χ4v) is 0. The predicted octanol–water partition coefficient (Wildman–Crippen LogP) is -5.09. The molecule has 0 atom stereocenters. The molecule has 0 saturated heterocycles. The average Bonchev–Trinajstić information content (AvgIpc) is 0.811. The van der Waals surface area contributed by atoms with Crippen LogP contribution in [0.3, 0.4) is 0 Å². The Kier molecular flexibility index (Phi) is 52.1. The van der Waals surface area contributed by atoms with E-state index in [1.807, 2.05) is 0 Å². The van der Waals surface area contributed by atoms with Crippen molar-refractivity contribution in [1.29, 1.82) is 0 Å². The zero-order valence-corrected chi connectivity index (χ0v) is 12.9. The van der Waals surface area contributed by atoms with Gasteiger partial charge in [-0.2, -0.15) is 0 Å². The molecule has 0 fully saturated rings. The fraction of sp³-hybridized carbons (Fsp3) is 0. The SMILES string of the molecule is [Al+3].[Ba+2].[O-]B([O-])[O-].[Sr+2]. The van der Waals surface area contributed by atoms with Crippen LogP contribution in [-0.4, -0.2) is 119 Å². The van der Waals surface area contributed by atoms with Crippen LogP contribution in [0.4, 0.5) is 0 Å². The Hall–Kier alpha value is 3.53. The summed E-state index contributed by atoms with van der Waals surface area (Å²) in [4.78, 5) is 0. The minimum absolute atomic E-state index is 0. The van der Waals surface area contributed by atoms with Gasteiger partial charge in [0.15, 0.2) is 0 Å². The van der Waals surface area contributed by atoms with E-state index in [1.54, 1.807) is 0 Å². The van der Waals surface area contributed by atoms with Gasteiger partial charge in [0.2, 0.25) is 0 Å². The van der Waals surface area contributed by atoms with Crippen LogP contribution >= 0.6 is 0 Å². The third kappa shape index (κ3) is 43.4. The molecule has 0 aromatic heterocycles. The number of rotatable bonds is 0. The smallest absolute Gasteiger partial charge is 0.907 e. The van der Waals surface area contributed by atoms with Crippen LogP contribution in [0.25, 0.3) is 0 Å². The van der Waals surface area contributed by atoms with Crippen LogP contribution in [0.15, 0.2) is 0 Å². The summed E-state index contributed by atoms with van der Waals surface area (Å²) in [6.45, 7) is 0. The molecule has 0 aliphatic heterocycles. The topological polar surface area (TPSA) is 69.2 Å². The van der Waals surface area contributed by atoms with Crippen molar-refractivity contribution in [1.82, 2.24) is 0 Å². The van der Waals surface area contributed by atoms with Crippen molar-refractivity contribution in [3.8, 4) is 0 Å². The molecule has 0 aromatic carbocycles. The molecule has 3 nitrogen and oxygen atoms in total. The Balaban J connectivity index is -0.0000000150. The van der Waals surface area contributed by atoms with E-state index in [-0.39, 0.29) is 112 Å². The normalized spacial score (nSPS) is 3.86. The van der Waals surface area contributed by atoms with E-state index in [4.69, 9.17) is 15.1 Å². The van der Waals surface area contributed by atoms with Gasteiger partial charge in [0, 0.05) is 0 Å². The van der Waals surface area contributed by atoms with Crippen molar-refractivity contribution < 1.29 is 15.1 Å². The first-order valence-corrected chi connectivity index (χ1v) is 0.707. The van der Waals surface area contributed by atoms with Crippen LogP contribution in [0.1, 0.15) is 0 Å². The summed E-state index contributed by atoms with van der Waals surface area (Å²) >= 11 is 0. The van der Waals surface area contributed by atoms with Gasteiger partial charge < -0.3 is 15.1 Å². The first kappa shape index (κ1) is 22.4. The summed E-state index contributed by atoms with van der Waals surface area (Å²) < 4.78 is 0. The minimum atomic E-state index is -2.92. The molecule has 0 amide bonds. The maximum Gasteiger partial charge on any atom is 3.00 e. The zero-order valence-electron chi connectivity index (χ0n) is 3.79.